The van der Waals surface area contributed by atoms with Gasteiger partial charge in [-0.15, -0.1) is 0 Å². The van der Waals surface area contributed by atoms with Crippen LogP contribution in [0.4, 0.5) is 21.5 Å². The summed E-state index contributed by atoms with van der Waals surface area (Å²) in [5.41, 5.74) is 18.7. The average Bonchev–Trinajstić information content (AvgIpc) is 2.80. The lowest BCUT2D eigenvalue weighted by atomic mass is 9.97. The van der Waals surface area contributed by atoms with Gasteiger partial charge < -0.3 is 16.8 Å². The van der Waals surface area contributed by atoms with Crippen LogP contribution in [0.1, 0.15) is 5.56 Å². The predicted molar refractivity (Wildman–Crippen MR) is 130 cm³/mol. The molecule has 0 aliphatic carbocycles. The van der Waals surface area contributed by atoms with E-state index in [1.165, 1.54) is 6.07 Å². The van der Waals surface area contributed by atoms with E-state index in [4.69, 9.17) is 11.5 Å². The minimum absolute atomic E-state index is 0.316. The van der Waals surface area contributed by atoms with E-state index in [-0.39, 0.29) is 5.82 Å². The van der Waals surface area contributed by atoms with E-state index in [1.807, 2.05) is 30.3 Å². The minimum Gasteiger partial charge on any atom is -0.398 e. The standard InChI is InChI=1S/C26H22FN5/c1-16(23-12-18(7-9-25(23)29)19-11-20(28)14-30-13-19)17(2)32-21-8-10-26(31-15-21)22-5-3-4-6-24(22)27/h3-15,32H,1-2,28-29H2. The average molecular weight is 423 g/mol. The summed E-state index contributed by atoms with van der Waals surface area (Å²) in [6.45, 7) is 8.25. The van der Waals surface area contributed by atoms with E-state index in [0.29, 0.717) is 39.6 Å². The van der Waals surface area contributed by atoms with Crippen molar-refractivity contribution in [1.29, 1.82) is 0 Å². The molecule has 5 N–H and O–H groups in total. The van der Waals surface area contributed by atoms with Crippen molar-refractivity contribution < 1.29 is 4.39 Å². The van der Waals surface area contributed by atoms with Gasteiger partial charge in [0.25, 0.3) is 0 Å². The topological polar surface area (TPSA) is 89.8 Å². The summed E-state index contributed by atoms with van der Waals surface area (Å²) in [5, 5.41) is 3.19. The highest BCUT2D eigenvalue weighted by atomic mass is 19.1. The maximum Gasteiger partial charge on any atom is 0.132 e. The van der Waals surface area contributed by atoms with Gasteiger partial charge in [-0.2, -0.15) is 0 Å². The highest BCUT2D eigenvalue weighted by Gasteiger charge is 2.11. The molecule has 0 aliphatic heterocycles. The minimum atomic E-state index is -0.316. The van der Waals surface area contributed by atoms with E-state index >= 15 is 0 Å². The van der Waals surface area contributed by atoms with Gasteiger partial charge in [-0.3, -0.25) is 9.97 Å². The van der Waals surface area contributed by atoms with Crippen LogP contribution in [0.5, 0.6) is 0 Å². The van der Waals surface area contributed by atoms with Gasteiger partial charge in [-0.25, -0.2) is 4.39 Å². The number of nitrogens with zero attached hydrogens (tertiary/aromatic N) is 2. The van der Waals surface area contributed by atoms with Crippen LogP contribution in [0.15, 0.2) is 98.1 Å². The van der Waals surface area contributed by atoms with Gasteiger partial charge in [-0.05, 0) is 53.6 Å². The zero-order valence-corrected chi connectivity index (χ0v) is 17.3. The Labute approximate surface area is 186 Å². The Hall–Kier alpha value is -4.45. The number of halogens is 1. The Kier molecular flexibility index (Phi) is 5.68. The van der Waals surface area contributed by atoms with E-state index in [1.54, 1.807) is 42.9 Å². The summed E-state index contributed by atoms with van der Waals surface area (Å²) in [6, 6.07) is 17.6. The number of aromatic nitrogens is 2. The van der Waals surface area contributed by atoms with Crippen molar-refractivity contribution in [2.45, 2.75) is 0 Å². The molecule has 5 nitrogen and oxygen atoms in total. The molecular formula is C26H22FN5. The Balaban J connectivity index is 1.53. The second kappa shape index (κ2) is 8.73. The molecule has 0 saturated heterocycles. The molecule has 0 spiro atoms. The Morgan fingerprint density at radius 1 is 0.875 bits per heavy atom. The largest absolute Gasteiger partial charge is 0.398 e. The molecule has 0 amide bonds. The maximum absolute atomic E-state index is 14.0. The van der Waals surface area contributed by atoms with Gasteiger partial charge >= 0.3 is 0 Å². The molecule has 0 saturated carbocycles. The maximum atomic E-state index is 14.0. The van der Waals surface area contributed by atoms with Crippen molar-refractivity contribution in [3.8, 4) is 22.4 Å². The van der Waals surface area contributed by atoms with Crippen LogP contribution >= 0.6 is 0 Å². The van der Waals surface area contributed by atoms with Crippen molar-refractivity contribution in [3.63, 3.8) is 0 Å². The smallest absolute Gasteiger partial charge is 0.132 e. The molecule has 0 bridgehead atoms. The van der Waals surface area contributed by atoms with Crippen molar-refractivity contribution in [2.75, 3.05) is 16.8 Å². The molecular weight excluding hydrogens is 401 g/mol. The summed E-state index contributed by atoms with van der Waals surface area (Å²) in [4.78, 5) is 8.50. The molecule has 158 valence electrons. The van der Waals surface area contributed by atoms with Crippen LogP contribution in [0.2, 0.25) is 0 Å². The first-order chi connectivity index (χ1) is 15.4. The van der Waals surface area contributed by atoms with Crippen LogP contribution in [0, 0.1) is 5.82 Å². The molecule has 6 heteroatoms. The Morgan fingerprint density at radius 2 is 1.69 bits per heavy atom. The lowest BCUT2D eigenvalue weighted by molar-refractivity contribution is 0.631. The van der Waals surface area contributed by atoms with Crippen LogP contribution < -0.4 is 16.8 Å². The summed E-state index contributed by atoms with van der Waals surface area (Å²) in [5.74, 6) is -0.316. The number of hydrogen-bond donors (Lipinski definition) is 3. The Morgan fingerprint density at radius 3 is 2.41 bits per heavy atom. The number of allylic oxidation sites excluding steroid dienone is 1. The van der Waals surface area contributed by atoms with Crippen LogP contribution in [-0.4, -0.2) is 9.97 Å². The molecule has 0 unspecified atom stereocenters. The normalized spacial score (nSPS) is 10.5. The lowest BCUT2D eigenvalue weighted by Crippen LogP contribution is -2.03. The van der Waals surface area contributed by atoms with E-state index in [9.17, 15) is 4.39 Å². The third-order valence-electron chi connectivity index (χ3n) is 5.04. The van der Waals surface area contributed by atoms with E-state index < -0.39 is 0 Å². The number of hydrogen-bond acceptors (Lipinski definition) is 5. The molecule has 0 radical (unpaired) electrons. The van der Waals surface area contributed by atoms with Crippen molar-refractivity contribution in [3.05, 3.63) is 109 Å². The van der Waals surface area contributed by atoms with Crippen molar-refractivity contribution in [1.82, 2.24) is 9.97 Å². The molecule has 0 aliphatic rings. The highest BCUT2D eigenvalue weighted by molar-refractivity contribution is 5.88. The molecule has 4 rings (SSSR count). The Bertz CT molecular complexity index is 1310. The van der Waals surface area contributed by atoms with Gasteiger partial charge in [0.2, 0.25) is 0 Å². The summed E-state index contributed by atoms with van der Waals surface area (Å²) in [6.07, 6.45) is 4.96. The molecule has 2 aromatic carbocycles. The first-order valence-electron chi connectivity index (χ1n) is 9.89. The third kappa shape index (κ3) is 4.34. The van der Waals surface area contributed by atoms with Crippen LogP contribution in [0.25, 0.3) is 28.0 Å². The fraction of sp³-hybridized carbons (Fsp3) is 0. The van der Waals surface area contributed by atoms with Crippen molar-refractivity contribution >= 4 is 22.6 Å². The van der Waals surface area contributed by atoms with Gasteiger partial charge in [-0.1, -0.05) is 31.4 Å². The number of rotatable bonds is 6. The quantitative estimate of drug-likeness (QED) is 0.271. The second-order valence-corrected chi connectivity index (χ2v) is 7.30. The predicted octanol–water partition coefficient (Wildman–Crippen LogP) is 5.75. The van der Waals surface area contributed by atoms with Gasteiger partial charge in [0.15, 0.2) is 0 Å². The monoisotopic (exact) mass is 423 g/mol. The fourth-order valence-corrected chi connectivity index (χ4v) is 3.32. The fourth-order valence-electron chi connectivity index (χ4n) is 3.32. The highest BCUT2D eigenvalue weighted by Crippen LogP contribution is 2.31. The number of nitrogen functional groups attached to an aromatic ring is 2. The van der Waals surface area contributed by atoms with Gasteiger partial charge in [0, 0.05) is 40.5 Å². The molecule has 32 heavy (non-hydrogen) atoms. The lowest BCUT2D eigenvalue weighted by Gasteiger charge is -2.16. The van der Waals surface area contributed by atoms with Crippen molar-refractivity contribution in [2.24, 2.45) is 0 Å². The SMILES string of the molecule is C=C(Nc1ccc(-c2ccccc2F)nc1)C(=C)c1cc(-c2cncc(N)c2)ccc1N. The first kappa shape index (κ1) is 20.8. The molecule has 0 atom stereocenters. The molecule has 2 heterocycles. The summed E-state index contributed by atoms with van der Waals surface area (Å²) >= 11 is 0. The third-order valence-corrected chi connectivity index (χ3v) is 5.04. The first-order valence-corrected chi connectivity index (χ1v) is 9.89. The van der Waals surface area contributed by atoms with Crippen LogP contribution in [0.3, 0.4) is 0 Å². The number of nitrogens with one attached hydrogen (secondary N) is 1. The van der Waals surface area contributed by atoms with Gasteiger partial charge in [0.1, 0.15) is 5.82 Å². The molecule has 0 fully saturated rings. The number of anilines is 3. The molecule has 4 aromatic rings. The van der Waals surface area contributed by atoms with Crippen LogP contribution in [-0.2, 0) is 0 Å². The van der Waals surface area contributed by atoms with E-state index in [2.05, 4.69) is 28.4 Å². The zero-order valence-electron chi connectivity index (χ0n) is 17.3. The number of pyridine rings is 2. The second-order valence-electron chi connectivity index (χ2n) is 7.30. The number of benzene rings is 2. The summed E-state index contributed by atoms with van der Waals surface area (Å²) < 4.78 is 14.0. The molecule has 2 aromatic heterocycles. The van der Waals surface area contributed by atoms with E-state index in [0.717, 1.165) is 16.7 Å². The zero-order chi connectivity index (χ0) is 22.7. The summed E-state index contributed by atoms with van der Waals surface area (Å²) in [7, 11) is 0. The van der Waals surface area contributed by atoms with Gasteiger partial charge in [0.05, 0.1) is 23.3 Å². The number of nitrogens with two attached hydrogens (primary N) is 2.